The van der Waals surface area contributed by atoms with Gasteiger partial charge in [-0.05, 0) is 29.7 Å². The van der Waals surface area contributed by atoms with Gasteiger partial charge in [0.05, 0.1) is 12.5 Å². The van der Waals surface area contributed by atoms with Crippen LogP contribution < -0.4 is 0 Å². The molecule has 0 radical (unpaired) electrons. The highest BCUT2D eigenvalue weighted by atomic mass is 16.5. The van der Waals surface area contributed by atoms with Crippen molar-refractivity contribution in [2.75, 3.05) is 6.61 Å². The quantitative estimate of drug-likeness (QED) is 0.420. The Morgan fingerprint density at radius 1 is 1.41 bits per heavy atom. The smallest absolute Gasteiger partial charge is 0.310 e. The van der Waals surface area contributed by atoms with Crippen LogP contribution in [0.2, 0.25) is 0 Å². The third kappa shape index (κ3) is 3.18. The maximum absolute atomic E-state index is 11.9. The lowest BCUT2D eigenvalue weighted by Crippen LogP contribution is -2.14. The molecule has 17 heavy (non-hydrogen) atoms. The minimum atomic E-state index is -0.136. The predicted molar refractivity (Wildman–Crippen MR) is 66.4 cm³/mol. The van der Waals surface area contributed by atoms with Crippen LogP contribution >= 0.6 is 0 Å². The molecule has 0 aromatic rings. The first-order chi connectivity index (χ1) is 7.80. The van der Waals surface area contributed by atoms with Gasteiger partial charge in [0.25, 0.3) is 0 Å². The van der Waals surface area contributed by atoms with Crippen LogP contribution in [0.15, 0.2) is 11.6 Å². The molecule has 96 valence electrons. The van der Waals surface area contributed by atoms with Gasteiger partial charge in [0.1, 0.15) is 6.29 Å². The second kappa shape index (κ2) is 5.03. The normalized spacial score (nSPS) is 26.8. The fourth-order valence-corrected chi connectivity index (χ4v) is 2.10. The Morgan fingerprint density at radius 3 is 2.47 bits per heavy atom. The van der Waals surface area contributed by atoms with Gasteiger partial charge in [-0.15, -0.1) is 0 Å². The molecular formula is C14H22O3. The van der Waals surface area contributed by atoms with Crippen molar-refractivity contribution >= 4 is 12.3 Å². The van der Waals surface area contributed by atoms with E-state index in [1.165, 1.54) is 0 Å². The lowest BCUT2D eigenvalue weighted by atomic mass is 10.1. The van der Waals surface area contributed by atoms with E-state index in [0.29, 0.717) is 18.1 Å². The van der Waals surface area contributed by atoms with Crippen LogP contribution in [-0.2, 0) is 14.3 Å². The van der Waals surface area contributed by atoms with Crippen molar-refractivity contribution < 1.29 is 14.3 Å². The van der Waals surface area contributed by atoms with E-state index in [9.17, 15) is 9.59 Å². The molecular weight excluding hydrogens is 216 g/mol. The molecule has 2 unspecified atom stereocenters. The van der Waals surface area contributed by atoms with E-state index in [1.54, 1.807) is 6.92 Å². The Hall–Kier alpha value is -1.12. The van der Waals surface area contributed by atoms with E-state index in [1.807, 2.05) is 33.8 Å². The average molecular weight is 238 g/mol. The molecule has 1 fully saturated rings. The number of esters is 1. The van der Waals surface area contributed by atoms with Crippen molar-refractivity contribution in [2.24, 2.45) is 23.2 Å². The Bertz CT molecular complexity index is 339. The van der Waals surface area contributed by atoms with Crippen LogP contribution in [-0.4, -0.2) is 18.9 Å². The standard InChI is InChI=1S/C14H22O3/c1-9(2)8-17-13(16)12-11(14(12,4)5)6-10(3)7-15/h6-7,9,11-12H,8H2,1-5H3/b10-6+. The molecule has 0 N–H and O–H groups in total. The summed E-state index contributed by atoms with van der Waals surface area (Å²) in [7, 11) is 0. The molecule has 0 bridgehead atoms. The number of hydrogen-bond donors (Lipinski definition) is 0. The maximum Gasteiger partial charge on any atom is 0.310 e. The Balaban J connectivity index is 2.61. The largest absolute Gasteiger partial charge is 0.465 e. The second-order valence-corrected chi connectivity index (χ2v) is 5.88. The summed E-state index contributed by atoms with van der Waals surface area (Å²) in [5.74, 6) is 0.249. The van der Waals surface area contributed by atoms with E-state index >= 15 is 0 Å². The van der Waals surface area contributed by atoms with E-state index in [0.717, 1.165) is 6.29 Å². The van der Waals surface area contributed by atoms with Gasteiger partial charge < -0.3 is 4.74 Å². The molecule has 3 heteroatoms. The number of hydrogen-bond acceptors (Lipinski definition) is 3. The van der Waals surface area contributed by atoms with Gasteiger partial charge in [-0.3, -0.25) is 9.59 Å². The van der Waals surface area contributed by atoms with E-state index < -0.39 is 0 Å². The summed E-state index contributed by atoms with van der Waals surface area (Å²) in [6.07, 6.45) is 2.71. The number of carbonyl (C=O) groups excluding carboxylic acids is 2. The van der Waals surface area contributed by atoms with Gasteiger partial charge in [-0.1, -0.05) is 33.8 Å². The minimum absolute atomic E-state index is 0.0850. The topological polar surface area (TPSA) is 43.4 Å². The highest BCUT2D eigenvalue weighted by Gasteiger charge is 2.61. The first-order valence-corrected chi connectivity index (χ1v) is 6.11. The van der Waals surface area contributed by atoms with E-state index in [2.05, 4.69) is 0 Å². The van der Waals surface area contributed by atoms with Gasteiger partial charge in [0.15, 0.2) is 0 Å². The molecule has 0 amide bonds. The van der Waals surface area contributed by atoms with E-state index in [4.69, 9.17) is 4.74 Å². The molecule has 0 heterocycles. The summed E-state index contributed by atoms with van der Waals surface area (Å²) >= 11 is 0. The summed E-state index contributed by atoms with van der Waals surface area (Å²) in [5.41, 5.74) is 0.598. The number of carbonyl (C=O) groups is 2. The van der Waals surface area contributed by atoms with Crippen LogP contribution in [0.3, 0.4) is 0 Å². The third-order valence-corrected chi connectivity index (χ3v) is 3.35. The zero-order valence-corrected chi connectivity index (χ0v) is 11.3. The zero-order chi connectivity index (χ0) is 13.2. The van der Waals surface area contributed by atoms with Crippen molar-refractivity contribution in [2.45, 2.75) is 34.6 Å². The van der Waals surface area contributed by atoms with Gasteiger partial charge in [-0.25, -0.2) is 0 Å². The molecule has 0 saturated heterocycles. The lowest BCUT2D eigenvalue weighted by Gasteiger charge is -2.07. The summed E-state index contributed by atoms with van der Waals surface area (Å²) in [6, 6.07) is 0. The summed E-state index contributed by atoms with van der Waals surface area (Å²) < 4.78 is 5.25. The van der Waals surface area contributed by atoms with Crippen molar-refractivity contribution in [1.82, 2.24) is 0 Å². The summed E-state index contributed by atoms with van der Waals surface area (Å²) in [6.45, 7) is 10.3. The summed E-state index contributed by atoms with van der Waals surface area (Å²) in [5, 5.41) is 0. The number of allylic oxidation sites excluding steroid dienone is 2. The van der Waals surface area contributed by atoms with Gasteiger partial charge >= 0.3 is 5.97 Å². The van der Waals surface area contributed by atoms with Crippen molar-refractivity contribution in [1.29, 1.82) is 0 Å². The molecule has 0 spiro atoms. The molecule has 1 rings (SSSR count). The first kappa shape index (κ1) is 13.9. The maximum atomic E-state index is 11.9. The Kier molecular flexibility index (Phi) is 4.12. The molecule has 1 aliphatic carbocycles. The molecule has 1 aliphatic rings. The molecule has 2 atom stereocenters. The Labute approximate surface area is 103 Å². The van der Waals surface area contributed by atoms with Gasteiger partial charge in [0, 0.05) is 0 Å². The van der Waals surface area contributed by atoms with Crippen molar-refractivity contribution in [3.63, 3.8) is 0 Å². The minimum Gasteiger partial charge on any atom is -0.465 e. The van der Waals surface area contributed by atoms with Crippen LogP contribution in [0.1, 0.15) is 34.6 Å². The first-order valence-electron chi connectivity index (χ1n) is 6.11. The van der Waals surface area contributed by atoms with Crippen LogP contribution in [0.25, 0.3) is 0 Å². The fraction of sp³-hybridized carbons (Fsp3) is 0.714. The van der Waals surface area contributed by atoms with Crippen LogP contribution in [0, 0.1) is 23.2 Å². The monoisotopic (exact) mass is 238 g/mol. The second-order valence-electron chi connectivity index (χ2n) is 5.88. The molecule has 1 saturated carbocycles. The SMILES string of the molecule is C/C(C=O)=C\C1C(C(=O)OCC(C)C)C1(C)C. The molecule has 0 aromatic heterocycles. The van der Waals surface area contributed by atoms with Crippen molar-refractivity contribution in [3.8, 4) is 0 Å². The average Bonchev–Trinajstić information content (AvgIpc) is 2.76. The highest BCUT2D eigenvalue weighted by molar-refractivity contribution is 5.79. The summed E-state index contributed by atoms with van der Waals surface area (Å²) in [4.78, 5) is 22.5. The van der Waals surface area contributed by atoms with Gasteiger partial charge in [0.2, 0.25) is 0 Å². The molecule has 0 aromatic carbocycles. The van der Waals surface area contributed by atoms with Crippen molar-refractivity contribution in [3.05, 3.63) is 11.6 Å². The lowest BCUT2D eigenvalue weighted by molar-refractivity contribution is -0.147. The number of rotatable bonds is 5. The van der Waals surface area contributed by atoms with Crippen LogP contribution in [0.4, 0.5) is 0 Å². The number of ether oxygens (including phenoxy) is 1. The van der Waals surface area contributed by atoms with E-state index in [-0.39, 0.29) is 23.2 Å². The predicted octanol–water partition coefficient (Wildman–Crippen LogP) is 2.60. The van der Waals surface area contributed by atoms with Gasteiger partial charge in [-0.2, -0.15) is 0 Å². The molecule has 0 aliphatic heterocycles. The fourth-order valence-electron chi connectivity index (χ4n) is 2.10. The Morgan fingerprint density at radius 2 is 2.00 bits per heavy atom. The highest BCUT2D eigenvalue weighted by Crippen LogP contribution is 2.59. The molecule has 3 nitrogen and oxygen atoms in total. The van der Waals surface area contributed by atoms with Crippen LogP contribution in [0.5, 0.6) is 0 Å². The zero-order valence-electron chi connectivity index (χ0n) is 11.3. The number of aldehydes is 1. The third-order valence-electron chi connectivity index (χ3n) is 3.35.